The highest BCUT2D eigenvalue weighted by atomic mass is 79.9. The van der Waals surface area contributed by atoms with Crippen LogP contribution in [-0.4, -0.2) is 42.5 Å². The summed E-state index contributed by atoms with van der Waals surface area (Å²) < 4.78 is 6.60. The third-order valence-corrected chi connectivity index (χ3v) is 4.04. The number of morpholine rings is 1. The van der Waals surface area contributed by atoms with Crippen LogP contribution in [0.5, 0.6) is 0 Å². The molecule has 1 aliphatic heterocycles. The lowest BCUT2D eigenvalue weighted by molar-refractivity contribution is -0.0523. The molecule has 104 valence electrons. The maximum Gasteiger partial charge on any atom is 0.176 e. The largest absolute Gasteiger partial charge is 0.376 e. The number of benzene rings is 1. The summed E-state index contributed by atoms with van der Waals surface area (Å²) in [4.78, 5) is 14.6. The van der Waals surface area contributed by atoms with Crippen LogP contribution in [0.15, 0.2) is 28.7 Å². The Balaban J connectivity index is 2.04. The number of hydrogen-bond donors (Lipinski definition) is 0. The lowest BCUT2D eigenvalue weighted by atomic mass is 10.1. The van der Waals surface area contributed by atoms with Crippen molar-refractivity contribution in [2.24, 2.45) is 0 Å². The van der Waals surface area contributed by atoms with E-state index in [1.54, 1.807) is 0 Å². The topological polar surface area (TPSA) is 29.5 Å². The zero-order valence-corrected chi connectivity index (χ0v) is 13.0. The van der Waals surface area contributed by atoms with Crippen LogP contribution < -0.4 is 0 Å². The van der Waals surface area contributed by atoms with E-state index in [2.05, 4.69) is 34.7 Å². The van der Waals surface area contributed by atoms with E-state index in [1.807, 2.05) is 24.3 Å². The molecule has 0 saturated carbocycles. The van der Waals surface area contributed by atoms with Gasteiger partial charge in [-0.3, -0.25) is 9.69 Å². The SMILES string of the molecule is CCC1COC(C)CN1CC(=O)c1cccc(Br)c1. The second-order valence-corrected chi connectivity index (χ2v) is 5.98. The van der Waals surface area contributed by atoms with Gasteiger partial charge in [-0.05, 0) is 25.5 Å². The second kappa shape index (κ2) is 6.64. The Morgan fingerprint density at radius 1 is 1.53 bits per heavy atom. The number of ether oxygens (including phenoxy) is 1. The number of halogens is 1. The fourth-order valence-electron chi connectivity index (χ4n) is 2.42. The molecule has 0 spiro atoms. The Hall–Kier alpha value is -0.710. The van der Waals surface area contributed by atoms with Gasteiger partial charge < -0.3 is 4.74 Å². The Morgan fingerprint density at radius 3 is 3.00 bits per heavy atom. The minimum Gasteiger partial charge on any atom is -0.376 e. The minimum absolute atomic E-state index is 0.175. The summed E-state index contributed by atoms with van der Waals surface area (Å²) in [7, 11) is 0. The Bertz CT molecular complexity index is 450. The quantitative estimate of drug-likeness (QED) is 0.796. The zero-order chi connectivity index (χ0) is 13.8. The van der Waals surface area contributed by atoms with E-state index >= 15 is 0 Å². The van der Waals surface area contributed by atoms with Crippen molar-refractivity contribution in [3.63, 3.8) is 0 Å². The van der Waals surface area contributed by atoms with Crippen LogP contribution in [0.2, 0.25) is 0 Å². The fraction of sp³-hybridized carbons (Fsp3) is 0.533. The molecule has 2 atom stereocenters. The van der Waals surface area contributed by atoms with Crippen LogP contribution in [0, 0.1) is 0 Å². The summed E-state index contributed by atoms with van der Waals surface area (Å²) in [5.41, 5.74) is 0.767. The van der Waals surface area contributed by atoms with Gasteiger partial charge in [-0.1, -0.05) is 35.0 Å². The van der Waals surface area contributed by atoms with Crippen LogP contribution in [-0.2, 0) is 4.74 Å². The van der Waals surface area contributed by atoms with Gasteiger partial charge in [0.05, 0.1) is 19.3 Å². The molecule has 4 heteroatoms. The molecule has 2 rings (SSSR count). The van der Waals surface area contributed by atoms with Crippen molar-refractivity contribution in [1.29, 1.82) is 0 Å². The highest BCUT2D eigenvalue weighted by Gasteiger charge is 2.27. The molecular formula is C15H20BrNO2. The average molecular weight is 326 g/mol. The third kappa shape index (κ3) is 3.88. The average Bonchev–Trinajstić information content (AvgIpc) is 2.39. The van der Waals surface area contributed by atoms with Gasteiger partial charge in [0.25, 0.3) is 0 Å². The summed E-state index contributed by atoms with van der Waals surface area (Å²) in [6.07, 6.45) is 1.22. The second-order valence-electron chi connectivity index (χ2n) is 5.07. The van der Waals surface area contributed by atoms with E-state index in [-0.39, 0.29) is 11.9 Å². The Kier molecular flexibility index (Phi) is 5.13. The summed E-state index contributed by atoms with van der Waals surface area (Å²) in [5.74, 6) is 0.175. The first-order valence-corrected chi connectivity index (χ1v) is 7.54. The van der Waals surface area contributed by atoms with E-state index in [0.29, 0.717) is 12.6 Å². The van der Waals surface area contributed by atoms with Crippen LogP contribution in [0.1, 0.15) is 30.6 Å². The molecule has 0 radical (unpaired) electrons. The van der Waals surface area contributed by atoms with E-state index < -0.39 is 0 Å². The van der Waals surface area contributed by atoms with Gasteiger partial charge in [-0.15, -0.1) is 0 Å². The van der Waals surface area contributed by atoms with Gasteiger partial charge in [-0.2, -0.15) is 0 Å². The van der Waals surface area contributed by atoms with Crippen molar-refractivity contribution >= 4 is 21.7 Å². The first kappa shape index (κ1) is 14.7. The van der Waals surface area contributed by atoms with E-state index in [0.717, 1.165) is 29.6 Å². The van der Waals surface area contributed by atoms with Gasteiger partial charge in [-0.25, -0.2) is 0 Å². The summed E-state index contributed by atoms with van der Waals surface area (Å²) in [6.45, 7) is 6.23. The smallest absolute Gasteiger partial charge is 0.176 e. The first-order chi connectivity index (χ1) is 9.10. The Labute approximate surface area is 123 Å². The molecule has 0 aromatic heterocycles. The van der Waals surface area contributed by atoms with Crippen LogP contribution >= 0.6 is 15.9 Å². The third-order valence-electron chi connectivity index (χ3n) is 3.55. The predicted octanol–water partition coefficient (Wildman–Crippen LogP) is 3.13. The molecule has 2 unspecified atom stereocenters. The molecule has 1 saturated heterocycles. The lowest BCUT2D eigenvalue weighted by Crippen LogP contribution is -2.50. The van der Waals surface area contributed by atoms with Gasteiger partial charge in [0.15, 0.2) is 5.78 Å². The highest BCUT2D eigenvalue weighted by Crippen LogP contribution is 2.17. The summed E-state index contributed by atoms with van der Waals surface area (Å²) in [6, 6.07) is 7.94. The van der Waals surface area contributed by atoms with E-state index in [1.165, 1.54) is 0 Å². The van der Waals surface area contributed by atoms with Crippen molar-refractivity contribution < 1.29 is 9.53 Å². The Morgan fingerprint density at radius 2 is 2.32 bits per heavy atom. The van der Waals surface area contributed by atoms with Crippen molar-refractivity contribution in [3.05, 3.63) is 34.3 Å². The first-order valence-electron chi connectivity index (χ1n) is 6.74. The molecule has 19 heavy (non-hydrogen) atoms. The molecule has 0 amide bonds. The van der Waals surface area contributed by atoms with Gasteiger partial charge >= 0.3 is 0 Å². The molecule has 1 aliphatic rings. The van der Waals surface area contributed by atoms with Gasteiger partial charge in [0.2, 0.25) is 0 Å². The zero-order valence-electron chi connectivity index (χ0n) is 11.4. The molecule has 1 aromatic carbocycles. The van der Waals surface area contributed by atoms with Crippen LogP contribution in [0.25, 0.3) is 0 Å². The maximum absolute atomic E-state index is 12.3. The molecule has 0 aliphatic carbocycles. The maximum atomic E-state index is 12.3. The van der Waals surface area contributed by atoms with Gasteiger partial charge in [0, 0.05) is 22.6 Å². The number of rotatable bonds is 4. The predicted molar refractivity (Wildman–Crippen MR) is 79.5 cm³/mol. The molecule has 3 nitrogen and oxygen atoms in total. The van der Waals surface area contributed by atoms with E-state index in [4.69, 9.17) is 4.74 Å². The number of ketones is 1. The van der Waals surface area contributed by atoms with Crippen molar-refractivity contribution in [2.45, 2.75) is 32.4 Å². The standard InChI is InChI=1S/C15H20BrNO2/c1-3-14-10-19-11(2)8-17(14)9-15(18)12-5-4-6-13(16)7-12/h4-7,11,14H,3,8-10H2,1-2H3. The van der Waals surface area contributed by atoms with Crippen molar-refractivity contribution in [1.82, 2.24) is 4.90 Å². The monoisotopic (exact) mass is 325 g/mol. The van der Waals surface area contributed by atoms with Crippen molar-refractivity contribution in [2.75, 3.05) is 19.7 Å². The molecule has 1 aromatic rings. The fourth-order valence-corrected chi connectivity index (χ4v) is 2.82. The molecule has 0 bridgehead atoms. The van der Waals surface area contributed by atoms with Crippen molar-refractivity contribution in [3.8, 4) is 0 Å². The number of carbonyl (C=O) groups is 1. The molecule has 0 N–H and O–H groups in total. The minimum atomic E-state index is 0.175. The number of Topliss-reactive ketones (excluding diaryl/α,β-unsaturated/α-hetero) is 1. The van der Waals surface area contributed by atoms with Crippen LogP contribution in [0.3, 0.4) is 0 Å². The van der Waals surface area contributed by atoms with Gasteiger partial charge in [0.1, 0.15) is 0 Å². The normalized spacial score (nSPS) is 24.4. The summed E-state index contributed by atoms with van der Waals surface area (Å²) >= 11 is 3.40. The number of nitrogens with zero attached hydrogens (tertiary/aromatic N) is 1. The number of carbonyl (C=O) groups excluding carboxylic acids is 1. The lowest BCUT2D eigenvalue weighted by Gasteiger charge is -2.37. The van der Waals surface area contributed by atoms with E-state index in [9.17, 15) is 4.79 Å². The number of hydrogen-bond acceptors (Lipinski definition) is 3. The highest BCUT2D eigenvalue weighted by molar-refractivity contribution is 9.10. The molecule has 1 fully saturated rings. The summed E-state index contributed by atoms with van der Waals surface area (Å²) in [5, 5.41) is 0. The molecule has 1 heterocycles. The molecular weight excluding hydrogens is 306 g/mol. The van der Waals surface area contributed by atoms with Crippen LogP contribution in [0.4, 0.5) is 0 Å².